The fraction of sp³-hybridized carbons (Fsp3) is 0.370. The van der Waals surface area contributed by atoms with Crippen LogP contribution in [0, 0.1) is 5.92 Å². The first-order valence-electron chi connectivity index (χ1n) is 11.9. The van der Waals surface area contributed by atoms with Crippen molar-refractivity contribution in [1.82, 2.24) is 9.80 Å². The number of benzene rings is 2. The average molecular weight is 459 g/mol. The van der Waals surface area contributed by atoms with Gasteiger partial charge in [0, 0.05) is 18.4 Å². The quantitative estimate of drug-likeness (QED) is 0.710. The van der Waals surface area contributed by atoms with Crippen LogP contribution >= 0.6 is 0 Å². The van der Waals surface area contributed by atoms with Crippen molar-refractivity contribution >= 4 is 18.0 Å². The van der Waals surface area contributed by atoms with Gasteiger partial charge in [-0.2, -0.15) is 0 Å². The number of likely N-dealkylation sites (tertiary alicyclic amines) is 1. The molecule has 1 N–H and O–H groups in total. The number of aliphatic carboxylic acids is 1. The van der Waals surface area contributed by atoms with E-state index in [4.69, 9.17) is 4.74 Å². The third kappa shape index (κ3) is 3.14. The highest BCUT2D eigenvalue weighted by atomic mass is 16.6. The molecule has 2 amide bonds. The fourth-order valence-corrected chi connectivity index (χ4v) is 6.23. The molecule has 7 heteroatoms. The van der Waals surface area contributed by atoms with Crippen LogP contribution in [-0.4, -0.2) is 64.2 Å². The number of carbonyl (C=O) groups is 3. The number of ether oxygens (including phenoxy) is 1. The Balaban J connectivity index is 1.22. The van der Waals surface area contributed by atoms with Gasteiger partial charge < -0.3 is 14.7 Å². The third-order valence-corrected chi connectivity index (χ3v) is 7.82. The molecular weight excluding hydrogens is 432 g/mol. The van der Waals surface area contributed by atoms with Gasteiger partial charge in [0.05, 0.1) is 6.04 Å². The summed E-state index contributed by atoms with van der Waals surface area (Å²) in [6, 6.07) is 14.5. The highest BCUT2D eigenvalue weighted by Gasteiger charge is 2.50. The van der Waals surface area contributed by atoms with E-state index in [-0.39, 0.29) is 30.4 Å². The molecule has 4 atom stereocenters. The molecular formula is C27H26N2O5. The minimum atomic E-state index is -0.992. The lowest BCUT2D eigenvalue weighted by Gasteiger charge is -2.32. The third-order valence-electron chi connectivity index (χ3n) is 7.82. The van der Waals surface area contributed by atoms with Gasteiger partial charge >= 0.3 is 12.1 Å². The molecule has 7 nitrogen and oxygen atoms in total. The Hall–Kier alpha value is -3.61. The van der Waals surface area contributed by atoms with E-state index in [1.165, 1.54) is 9.80 Å². The molecule has 0 bridgehead atoms. The fourth-order valence-electron chi connectivity index (χ4n) is 6.23. The Morgan fingerprint density at radius 3 is 2.29 bits per heavy atom. The molecule has 0 aromatic heterocycles. The molecule has 4 aliphatic rings. The topological polar surface area (TPSA) is 87.1 Å². The number of rotatable bonds is 3. The lowest BCUT2D eigenvalue weighted by molar-refractivity contribution is -0.151. The summed E-state index contributed by atoms with van der Waals surface area (Å²) in [4.78, 5) is 41.5. The summed E-state index contributed by atoms with van der Waals surface area (Å²) in [6.07, 6.45) is 5.15. The zero-order chi connectivity index (χ0) is 23.4. The van der Waals surface area contributed by atoms with E-state index >= 15 is 0 Å². The minimum Gasteiger partial charge on any atom is -0.480 e. The first-order chi connectivity index (χ1) is 16.5. The Kier molecular flexibility index (Phi) is 4.94. The maximum atomic E-state index is 13.5. The summed E-state index contributed by atoms with van der Waals surface area (Å²) in [6.45, 7) is 0.604. The molecule has 3 aliphatic heterocycles. The normalized spacial score (nSPS) is 27.1. The number of amides is 2. The predicted molar refractivity (Wildman–Crippen MR) is 124 cm³/mol. The summed E-state index contributed by atoms with van der Waals surface area (Å²) < 4.78 is 5.82. The van der Waals surface area contributed by atoms with Crippen LogP contribution in [0.3, 0.4) is 0 Å². The summed E-state index contributed by atoms with van der Waals surface area (Å²) in [7, 11) is 0. The van der Waals surface area contributed by atoms with Crippen LogP contribution in [0.2, 0.25) is 0 Å². The molecule has 0 radical (unpaired) electrons. The van der Waals surface area contributed by atoms with E-state index in [1.807, 2.05) is 36.4 Å². The summed E-state index contributed by atoms with van der Waals surface area (Å²) in [5.74, 6) is -1.45. The van der Waals surface area contributed by atoms with Gasteiger partial charge in [0.2, 0.25) is 5.91 Å². The highest BCUT2D eigenvalue weighted by molar-refractivity contribution is 5.91. The molecule has 34 heavy (non-hydrogen) atoms. The Morgan fingerprint density at radius 1 is 0.941 bits per heavy atom. The monoisotopic (exact) mass is 458 g/mol. The van der Waals surface area contributed by atoms with Gasteiger partial charge in [0.25, 0.3) is 0 Å². The van der Waals surface area contributed by atoms with Crippen LogP contribution < -0.4 is 0 Å². The predicted octanol–water partition coefficient (Wildman–Crippen LogP) is 3.64. The maximum Gasteiger partial charge on any atom is 0.410 e. The first kappa shape index (κ1) is 21.0. The Morgan fingerprint density at radius 2 is 1.62 bits per heavy atom. The zero-order valence-electron chi connectivity index (χ0n) is 18.7. The van der Waals surface area contributed by atoms with Gasteiger partial charge in [-0.3, -0.25) is 9.69 Å². The minimum absolute atomic E-state index is 0.0566. The number of nitrogens with zero attached hydrogens (tertiary/aromatic N) is 2. The molecule has 2 aromatic carbocycles. The van der Waals surface area contributed by atoms with Crippen molar-refractivity contribution in [2.24, 2.45) is 5.92 Å². The van der Waals surface area contributed by atoms with Crippen LogP contribution in [-0.2, 0) is 14.3 Å². The number of carboxylic acids is 1. The van der Waals surface area contributed by atoms with Crippen LogP contribution in [0.1, 0.15) is 36.3 Å². The molecule has 0 spiro atoms. The summed E-state index contributed by atoms with van der Waals surface area (Å²) in [5, 5.41) is 9.62. The van der Waals surface area contributed by atoms with Crippen molar-refractivity contribution in [3.05, 3.63) is 71.8 Å². The van der Waals surface area contributed by atoms with E-state index < -0.39 is 24.1 Å². The number of hydrogen-bond donors (Lipinski definition) is 1. The number of fused-ring (bicyclic) bond motifs is 5. The van der Waals surface area contributed by atoms with Crippen molar-refractivity contribution in [3.8, 4) is 11.1 Å². The van der Waals surface area contributed by atoms with E-state index in [1.54, 1.807) is 0 Å². The van der Waals surface area contributed by atoms with Gasteiger partial charge in [-0.05, 0) is 41.5 Å². The highest BCUT2D eigenvalue weighted by Crippen LogP contribution is 2.45. The maximum absolute atomic E-state index is 13.5. The second-order valence-electron chi connectivity index (χ2n) is 9.52. The molecule has 174 valence electrons. The molecule has 3 heterocycles. The van der Waals surface area contributed by atoms with E-state index in [9.17, 15) is 19.5 Å². The number of hydrogen-bond acceptors (Lipinski definition) is 4. The largest absolute Gasteiger partial charge is 0.480 e. The Labute approximate surface area is 197 Å². The van der Waals surface area contributed by atoms with Crippen molar-refractivity contribution < 1.29 is 24.2 Å². The molecule has 2 fully saturated rings. The zero-order valence-corrected chi connectivity index (χ0v) is 18.7. The van der Waals surface area contributed by atoms with Crippen LogP contribution in [0.5, 0.6) is 0 Å². The standard InChI is InChI=1S/C27H26N2O5/c30-25-24-16(9-10-17-11-12-23(26(31)32)29(17)25)13-14-28(24)27(33)34-15-22-20-7-3-1-5-18(20)19-6-2-4-8-21(19)22/h1-10,16-17,22-24H,11-15H2,(H,31,32). The summed E-state index contributed by atoms with van der Waals surface area (Å²) >= 11 is 0. The van der Waals surface area contributed by atoms with Crippen molar-refractivity contribution in [2.45, 2.75) is 43.3 Å². The molecule has 0 saturated carbocycles. The van der Waals surface area contributed by atoms with Crippen LogP contribution in [0.4, 0.5) is 4.79 Å². The molecule has 1 aliphatic carbocycles. The number of carboxylic acid groups (broad SMARTS) is 1. The average Bonchev–Trinajstić information content (AvgIpc) is 3.53. The lowest BCUT2D eigenvalue weighted by atomic mass is 9.98. The van der Waals surface area contributed by atoms with Crippen molar-refractivity contribution in [3.63, 3.8) is 0 Å². The number of carbonyl (C=O) groups excluding carboxylic acids is 2. The van der Waals surface area contributed by atoms with Crippen molar-refractivity contribution in [2.75, 3.05) is 13.2 Å². The smallest absolute Gasteiger partial charge is 0.410 e. The lowest BCUT2D eigenvalue weighted by Crippen LogP contribution is -2.53. The van der Waals surface area contributed by atoms with E-state index in [0.29, 0.717) is 25.8 Å². The van der Waals surface area contributed by atoms with Gasteiger partial charge in [0.1, 0.15) is 18.7 Å². The van der Waals surface area contributed by atoms with E-state index in [0.717, 1.165) is 22.3 Å². The van der Waals surface area contributed by atoms with Crippen LogP contribution in [0.25, 0.3) is 11.1 Å². The molecule has 4 unspecified atom stereocenters. The van der Waals surface area contributed by atoms with Gasteiger partial charge in [-0.15, -0.1) is 0 Å². The second kappa shape index (κ2) is 8.01. The molecule has 6 rings (SSSR count). The second-order valence-corrected chi connectivity index (χ2v) is 9.52. The van der Waals surface area contributed by atoms with Crippen LogP contribution in [0.15, 0.2) is 60.7 Å². The first-order valence-corrected chi connectivity index (χ1v) is 11.9. The van der Waals surface area contributed by atoms with E-state index in [2.05, 4.69) is 24.3 Å². The molecule has 2 saturated heterocycles. The van der Waals surface area contributed by atoms with Gasteiger partial charge in [-0.25, -0.2) is 9.59 Å². The van der Waals surface area contributed by atoms with Gasteiger partial charge in [-0.1, -0.05) is 60.7 Å². The molecule has 2 aromatic rings. The summed E-state index contributed by atoms with van der Waals surface area (Å²) in [5.41, 5.74) is 4.58. The Bertz CT molecular complexity index is 1160. The van der Waals surface area contributed by atoms with Crippen molar-refractivity contribution in [1.29, 1.82) is 0 Å². The SMILES string of the molecule is O=C(O)C1CCC2C=CC3CCN(C(=O)OCC4c5ccccc5-c5ccccc54)C3C(=O)N21. The van der Waals surface area contributed by atoms with Gasteiger partial charge in [0.15, 0.2) is 0 Å².